The van der Waals surface area contributed by atoms with E-state index in [1.807, 2.05) is 72.8 Å². The minimum absolute atomic E-state index is 0.0804. The summed E-state index contributed by atoms with van der Waals surface area (Å²) in [5, 5.41) is 21.3. The van der Waals surface area contributed by atoms with Crippen molar-refractivity contribution in [3.05, 3.63) is 90.0 Å². The summed E-state index contributed by atoms with van der Waals surface area (Å²) in [4.78, 5) is 10.7. The molecule has 3 atom stereocenters. The number of aromatic hydroxyl groups is 1. The Morgan fingerprint density at radius 2 is 1.77 bits per heavy atom. The maximum absolute atomic E-state index is 10.7. The maximum atomic E-state index is 10.7. The first kappa shape index (κ1) is 21.1. The quantitative estimate of drug-likeness (QED) is 0.477. The summed E-state index contributed by atoms with van der Waals surface area (Å²) in [5.41, 5.74) is 1.70. The molecule has 0 aliphatic carbocycles. The lowest BCUT2D eigenvalue weighted by molar-refractivity contribution is -0.243. The average Bonchev–Trinajstić information content (AvgIpc) is 2.79. The summed E-state index contributed by atoms with van der Waals surface area (Å²) in [5.74, 6) is -0.562. The summed E-state index contributed by atoms with van der Waals surface area (Å²) in [6.45, 7) is 0.468. The van der Waals surface area contributed by atoms with Gasteiger partial charge in [0.2, 0.25) is 0 Å². The highest BCUT2D eigenvalue weighted by molar-refractivity contribution is 5.87. The standard InChI is InChI=1S/C26H26O5/c27-22-16-15-18-9-7-8-13-21(18)24(22)26-30-17-20(12-5-2-6-14-23(28)29)25(31-26)19-10-3-1-4-11-19/h1-5,7-11,13,15-16,20,25-27H,6,12,14,17H2,(H,28,29)/b5-2-. The van der Waals surface area contributed by atoms with Gasteiger partial charge >= 0.3 is 5.97 Å². The third kappa shape index (κ3) is 4.95. The molecule has 160 valence electrons. The molecular weight excluding hydrogens is 392 g/mol. The number of benzene rings is 3. The predicted molar refractivity (Wildman–Crippen MR) is 119 cm³/mol. The Morgan fingerprint density at radius 1 is 1.00 bits per heavy atom. The van der Waals surface area contributed by atoms with Gasteiger partial charge in [-0.2, -0.15) is 0 Å². The number of rotatable bonds is 7. The van der Waals surface area contributed by atoms with Crippen LogP contribution in [0.1, 0.15) is 42.8 Å². The fraction of sp³-hybridized carbons (Fsp3) is 0.269. The molecule has 1 heterocycles. The monoisotopic (exact) mass is 418 g/mol. The summed E-state index contributed by atoms with van der Waals surface area (Å²) in [6.07, 6.45) is 4.37. The van der Waals surface area contributed by atoms with E-state index in [1.54, 1.807) is 6.07 Å². The van der Waals surface area contributed by atoms with Crippen molar-refractivity contribution in [3.63, 3.8) is 0 Å². The molecule has 1 fully saturated rings. The van der Waals surface area contributed by atoms with Crippen molar-refractivity contribution in [3.8, 4) is 5.75 Å². The van der Waals surface area contributed by atoms with Gasteiger partial charge in [0.25, 0.3) is 0 Å². The van der Waals surface area contributed by atoms with Gasteiger partial charge in [-0.1, -0.05) is 72.8 Å². The molecule has 0 spiro atoms. The largest absolute Gasteiger partial charge is 0.507 e. The topological polar surface area (TPSA) is 76.0 Å². The Morgan fingerprint density at radius 3 is 2.58 bits per heavy atom. The lowest BCUT2D eigenvalue weighted by Gasteiger charge is -2.37. The van der Waals surface area contributed by atoms with Crippen molar-refractivity contribution < 1.29 is 24.5 Å². The molecule has 0 bridgehead atoms. The van der Waals surface area contributed by atoms with E-state index in [0.29, 0.717) is 25.0 Å². The van der Waals surface area contributed by atoms with Crippen LogP contribution in [0.5, 0.6) is 5.75 Å². The Labute approximate surface area is 181 Å². The van der Waals surface area contributed by atoms with E-state index in [-0.39, 0.29) is 24.2 Å². The minimum atomic E-state index is -0.797. The summed E-state index contributed by atoms with van der Waals surface area (Å²) in [7, 11) is 0. The van der Waals surface area contributed by atoms with Crippen molar-refractivity contribution in [1.82, 2.24) is 0 Å². The number of allylic oxidation sites excluding steroid dienone is 2. The lowest BCUT2D eigenvalue weighted by Crippen LogP contribution is -2.30. The Bertz CT molecular complexity index is 1060. The predicted octanol–water partition coefficient (Wildman–Crippen LogP) is 5.76. The van der Waals surface area contributed by atoms with E-state index in [0.717, 1.165) is 16.3 Å². The molecule has 2 N–H and O–H groups in total. The van der Waals surface area contributed by atoms with Crippen LogP contribution in [0.3, 0.4) is 0 Å². The molecule has 0 radical (unpaired) electrons. The molecule has 5 nitrogen and oxygen atoms in total. The summed E-state index contributed by atoms with van der Waals surface area (Å²) in [6, 6.07) is 21.4. The third-order valence-corrected chi connectivity index (χ3v) is 5.60. The van der Waals surface area contributed by atoms with Crippen LogP contribution in [0.2, 0.25) is 0 Å². The molecule has 1 saturated heterocycles. The van der Waals surface area contributed by atoms with E-state index >= 15 is 0 Å². The summed E-state index contributed by atoms with van der Waals surface area (Å²) >= 11 is 0. The van der Waals surface area contributed by atoms with Gasteiger partial charge in [-0.05, 0) is 35.2 Å². The molecule has 3 aromatic rings. The van der Waals surface area contributed by atoms with Gasteiger partial charge in [0.05, 0.1) is 18.3 Å². The minimum Gasteiger partial charge on any atom is -0.507 e. The van der Waals surface area contributed by atoms with Crippen molar-refractivity contribution in [2.45, 2.75) is 31.7 Å². The molecule has 0 aromatic heterocycles. The zero-order valence-corrected chi connectivity index (χ0v) is 17.2. The SMILES string of the molecule is O=C(O)CC/C=C\CC1COC(c2c(O)ccc3ccccc23)OC1c1ccccc1. The fourth-order valence-electron chi connectivity index (χ4n) is 4.05. The number of aliphatic carboxylic acids is 1. The Hall–Kier alpha value is -3.15. The maximum Gasteiger partial charge on any atom is 0.303 e. The van der Waals surface area contributed by atoms with Crippen molar-refractivity contribution in [2.24, 2.45) is 5.92 Å². The van der Waals surface area contributed by atoms with Crippen molar-refractivity contribution in [2.75, 3.05) is 6.61 Å². The summed E-state index contributed by atoms with van der Waals surface area (Å²) < 4.78 is 12.5. The molecular formula is C26H26O5. The fourth-order valence-corrected chi connectivity index (χ4v) is 4.05. The Kier molecular flexibility index (Phi) is 6.65. The molecule has 31 heavy (non-hydrogen) atoms. The van der Waals surface area contributed by atoms with Crippen molar-refractivity contribution >= 4 is 16.7 Å². The van der Waals surface area contributed by atoms with Crippen LogP contribution < -0.4 is 0 Å². The van der Waals surface area contributed by atoms with Crippen LogP contribution in [-0.2, 0) is 14.3 Å². The van der Waals surface area contributed by atoms with Gasteiger partial charge in [0.15, 0.2) is 6.29 Å². The van der Waals surface area contributed by atoms with Gasteiger partial charge in [-0.15, -0.1) is 0 Å². The van der Waals surface area contributed by atoms with Crippen LogP contribution in [0, 0.1) is 5.92 Å². The average molecular weight is 418 g/mol. The number of carbonyl (C=O) groups is 1. The molecule has 3 aromatic carbocycles. The van der Waals surface area contributed by atoms with E-state index in [4.69, 9.17) is 14.6 Å². The van der Waals surface area contributed by atoms with E-state index < -0.39 is 12.3 Å². The first-order chi connectivity index (χ1) is 15.1. The molecule has 4 rings (SSSR count). The first-order valence-electron chi connectivity index (χ1n) is 10.5. The molecule has 0 saturated carbocycles. The molecule has 1 aliphatic heterocycles. The van der Waals surface area contributed by atoms with Crippen molar-refractivity contribution in [1.29, 1.82) is 0 Å². The lowest BCUT2D eigenvalue weighted by atomic mass is 9.91. The van der Waals surface area contributed by atoms with Gasteiger partial charge in [0, 0.05) is 12.3 Å². The normalized spacial score (nSPS) is 21.5. The van der Waals surface area contributed by atoms with E-state index in [1.165, 1.54) is 0 Å². The molecule has 1 aliphatic rings. The van der Waals surface area contributed by atoms with Crippen LogP contribution in [0.4, 0.5) is 0 Å². The van der Waals surface area contributed by atoms with Crippen LogP contribution >= 0.6 is 0 Å². The number of hydrogen-bond acceptors (Lipinski definition) is 4. The van der Waals surface area contributed by atoms with Gasteiger partial charge in [-0.25, -0.2) is 0 Å². The zero-order valence-electron chi connectivity index (χ0n) is 17.2. The third-order valence-electron chi connectivity index (χ3n) is 5.60. The van der Waals surface area contributed by atoms with Gasteiger partial charge in [-0.3, -0.25) is 4.79 Å². The number of fused-ring (bicyclic) bond motifs is 1. The van der Waals surface area contributed by atoms with E-state index in [2.05, 4.69) is 0 Å². The number of hydrogen-bond donors (Lipinski definition) is 2. The smallest absolute Gasteiger partial charge is 0.303 e. The second-order valence-electron chi connectivity index (χ2n) is 7.75. The van der Waals surface area contributed by atoms with Gasteiger partial charge < -0.3 is 19.7 Å². The van der Waals surface area contributed by atoms with Gasteiger partial charge in [0.1, 0.15) is 5.75 Å². The molecule has 5 heteroatoms. The number of carboxylic acid groups (broad SMARTS) is 1. The van der Waals surface area contributed by atoms with Crippen LogP contribution in [0.15, 0.2) is 78.9 Å². The second kappa shape index (κ2) is 9.77. The number of phenols is 1. The highest BCUT2D eigenvalue weighted by atomic mass is 16.7. The number of carboxylic acids is 1. The molecule has 0 amide bonds. The highest BCUT2D eigenvalue weighted by Crippen LogP contribution is 2.44. The van der Waals surface area contributed by atoms with Crippen LogP contribution in [-0.4, -0.2) is 22.8 Å². The second-order valence-corrected chi connectivity index (χ2v) is 7.75. The highest BCUT2D eigenvalue weighted by Gasteiger charge is 2.35. The molecule has 3 unspecified atom stereocenters. The zero-order chi connectivity index (χ0) is 21.6. The van der Waals surface area contributed by atoms with E-state index in [9.17, 15) is 9.90 Å². The Balaban J connectivity index is 1.58. The van der Waals surface area contributed by atoms with Crippen LogP contribution in [0.25, 0.3) is 10.8 Å². The first-order valence-corrected chi connectivity index (χ1v) is 10.5. The number of ether oxygens (including phenoxy) is 2. The number of phenolic OH excluding ortho intramolecular Hbond substituents is 1.